The summed E-state index contributed by atoms with van der Waals surface area (Å²) in [6.07, 6.45) is 3.55. The van der Waals surface area contributed by atoms with E-state index in [1.165, 1.54) is 0 Å². The molecule has 2 rings (SSSR count). The SMILES string of the molecule is Nc1cc(Br)cc2nccn12. The number of nitrogen functional groups attached to an aromatic ring is 1. The molecule has 0 atom stereocenters. The number of aromatic nitrogens is 2. The molecule has 0 bridgehead atoms. The monoisotopic (exact) mass is 211 g/mol. The summed E-state index contributed by atoms with van der Waals surface area (Å²) < 4.78 is 2.78. The summed E-state index contributed by atoms with van der Waals surface area (Å²) in [5.41, 5.74) is 6.55. The summed E-state index contributed by atoms with van der Waals surface area (Å²) in [6.45, 7) is 0. The van der Waals surface area contributed by atoms with Crippen LogP contribution in [0.3, 0.4) is 0 Å². The summed E-state index contributed by atoms with van der Waals surface area (Å²) in [5, 5.41) is 0. The van der Waals surface area contributed by atoms with Crippen LogP contribution in [-0.4, -0.2) is 9.38 Å². The van der Waals surface area contributed by atoms with Crippen LogP contribution >= 0.6 is 15.9 Å². The highest BCUT2D eigenvalue weighted by atomic mass is 79.9. The van der Waals surface area contributed by atoms with Crippen molar-refractivity contribution in [3.05, 3.63) is 29.0 Å². The van der Waals surface area contributed by atoms with Crippen molar-refractivity contribution in [1.29, 1.82) is 0 Å². The van der Waals surface area contributed by atoms with E-state index >= 15 is 0 Å². The van der Waals surface area contributed by atoms with Gasteiger partial charge < -0.3 is 5.73 Å². The Morgan fingerprint density at radius 3 is 3.09 bits per heavy atom. The van der Waals surface area contributed by atoms with Gasteiger partial charge in [-0.05, 0) is 12.1 Å². The van der Waals surface area contributed by atoms with E-state index in [4.69, 9.17) is 5.73 Å². The molecule has 56 valence electrons. The standard InChI is InChI=1S/C7H6BrN3/c8-5-3-6(9)11-2-1-10-7(11)4-5/h1-4H,9H2. The summed E-state index contributed by atoms with van der Waals surface area (Å²) in [6, 6.07) is 3.76. The first-order valence-corrected chi connectivity index (χ1v) is 3.95. The van der Waals surface area contributed by atoms with Crippen LogP contribution in [0, 0.1) is 0 Å². The molecule has 2 N–H and O–H groups in total. The topological polar surface area (TPSA) is 43.3 Å². The van der Waals surface area contributed by atoms with E-state index < -0.39 is 0 Å². The molecule has 0 aromatic carbocycles. The fourth-order valence-corrected chi connectivity index (χ4v) is 1.46. The normalized spacial score (nSPS) is 10.6. The van der Waals surface area contributed by atoms with Crippen molar-refractivity contribution in [2.75, 3.05) is 5.73 Å². The second-order valence-corrected chi connectivity index (χ2v) is 3.17. The molecule has 4 heteroatoms. The van der Waals surface area contributed by atoms with E-state index in [0.29, 0.717) is 5.82 Å². The average molecular weight is 212 g/mol. The molecule has 2 heterocycles. The van der Waals surface area contributed by atoms with Gasteiger partial charge in [0.2, 0.25) is 0 Å². The third-order valence-corrected chi connectivity index (χ3v) is 1.96. The highest BCUT2D eigenvalue weighted by Crippen LogP contribution is 2.16. The lowest BCUT2D eigenvalue weighted by Gasteiger charge is -1.98. The molecule has 2 aromatic rings. The zero-order chi connectivity index (χ0) is 7.84. The van der Waals surface area contributed by atoms with E-state index in [1.54, 1.807) is 6.20 Å². The first-order valence-electron chi connectivity index (χ1n) is 3.15. The quantitative estimate of drug-likeness (QED) is 0.721. The molecule has 0 aliphatic rings. The minimum atomic E-state index is 0.687. The van der Waals surface area contributed by atoms with Crippen LogP contribution < -0.4 is 5.73 Å². The lowest BCUT2D eigenvalue weighted by molar-refractivity contribution is 1.19. The van der Waals surface area contributed by atoms with Gasteiger partial charge in [0, 0.05) is 16.9 Å². The van der Waals surface area contributed by atoms with Gasteiger partial charge >= 0.3 is 0 Å². The summed E-state index contributed by atoms with van der Waals surface area (Å²) in [5.74, 6) is 0.687. The van der Waals surface area contributed by atoms with Crippen molar-refractivity contribution in [2.24, 2.45) is 0 Å². The Kier molecular flexibility index (Phi) is 1.35. The number of halogens is 1. The van der Waals surface area contributed by atoms with Crippen molar-refractivity contribution in [3.63, 3.8) is 0 Å². The van der Waals surface area contributed by atoms with Crippen LogP contribution in [0.2, 0.25) is 0 Å². The number of hydrogen-bond donors (Lipinski definition) is 1. The Hall–Kier alpha value is -1.03. The van der Waals surface area contributed by atoms with Gasteiger partial charge in [-0.1, -0.05) is 15.9 Å². The minimum Gasteiger partial charge on any atom is -0.385 e. The molecule has 2 aromatic heterocycles. The second-order valence-electron chi connectivity index (χ2n) is 2.25. The number of hydrogen-bond acceptors (Lipinski definition) is 2. The van der Waals surface area contributed by atoms with Gasteiger partial charge in [-0.15, -0.1) is 0 Å². The molecular formula is C7H6BrN3. The van der Waals surface area contributed by atoms with Gasteiger partial charge in [0.25, 0.3) is 0 Å². The Balaban J connectivity index is 2.91. The molecule has 0 saturated carbocycles. The number of fused-ring (bicyclic) bond motifs is 1. The fraction of sp³-hybridized carbons (Fsp3) is 0. The molecule has 0 radical (unpaired) electrons. The van der Waals surface area contributed by atoms with Crippen LogP contribution in [0.25, 0.3) is 5.65 Å². The molecule has 0 amide bonds. The Labute approximate surface area is 72.0 Å². The van der Waals surface area contributed by atoms with Crippen molar-refractivity contribution in [1.82, 2.24) is 9.38 Å². The highest BCUT2D eigenvalue weighted by Gasteiger charge is 1.97. The molecule has 0 unspecified atom stereocenters. The first kappa shape index (κ1) is 6.67. The molecule has 0 aliphatic carbocycles. The number of anilines is 1. The lowest BCUT2D eigenvalue weighted by atomic mass is 10.4. The zero-order valence-corrected chi connectivity index (χ0v) is 7.25. The Bertz CT molecular complexity index is 393. The van der Waals surface area contributed by atoms with E-state index in [9.17, 15) is 0 Å². The van der Waals surface area contributed by atoms with Crippen LogP contribution in [0.4, 0.5) is 5.82 Å². The van der Waals surface area contributed by atoms with Crippen LogP contribution in [0.1, 0.15) is 0 Å². The molecule has 3 nitrogen and oxygen atoms in total. The number of pyridine rings is 1. The molecule has 0 spiro atoms. The van der Waals surface area contributed by atoms with Gasteiger partial charge in [0.1, 0.15) is 11.5 Å². The molecule has 0 fully saturated rings. The van der Waals surface area contributed by atoms with Gasteiger partial charge in [-0.3, -0.25) is 4.40 Å². The van der Waals surface area contributed by atoms with E-state index in [0.717, 1.165) is 10.1 Å². The predicted molar refractivity (Wildman–Crippen MR) is 47.3 cm³/mol. The summed E-state index contributed by atoms with van der Waals surface area (Å²) in [7, 11) is 0. The third kappa shape index (κ3) is 0.991. The van der Waals surface area contributed by atoms with Gasteiger partial charge in [0.15, 0.2) is 0 Å². The number of nitrogens with two attached hydrogens (primary N) is 1. The Morgan fingerprint density at radius 1 is 1.45 bits per heavy atom. The maximum Gasteiger partial charge on any atom is 0.139 e. The zero-order valence-electron chi connectivity index (χ0n) is 5.66. The first-order chi connectivity index (χ1) is 5.27. The van der Waals surface area contributed by atoms with E-state index in [2.05, 4.69) is 20.9 Å². The van der Waals surface area contributed by atoms with E-state index in [1.807, 2.05) is 22.7 Å². The summed E-state index contributed by atoms with van der Waals surface area (Å²) >= 11 is 3.33. The van der Waals surface area contributed by atoms with Gasteiger partial charge in [-0.25, -0.2) is 4.98 Å². The summed E-state index contributed by atoms with van der Waals surface area (Å²) in [4.78, 5) is 4.09. The van der Waals surface area contributed by atoms with Crippen molar-refractivity contribution in [3.8, 4) is 0 Å². The van der Waals surface area contributed by atoms with Crippen LogP contribution in [-0.2, 0) is 0 Å². The molecule has 0 saturated heterocycles. The predicted octanol–water partition coefficient (Wildman–Crippen LogP) is 1.68. The maximum absolute atomic E-state index is 5.69. The van der Waals surface area contributed by atoms with Crippen molar-refractivity contribution >= 4 is 27.4 Å². The van der Waals surface area contributed by atoms with Gasteiger partial charge in [0.05, 0.1) is 0 Å². The van der Waals surface area contributed by atoms with E-state index in [-0.39, 0.29) is 0 Å². The third-order valence-electron chi connectivity index (χ3n) is 1.50. The van der Waals surface area contributed by atoms with Crippen molar-refractivity contribution < 1.29 is 0 Å². The molecule has 11 heavy (non-hydrogen) atoms. The number of imidazole rings is 1. The van der Waals surface area contributed by atoms with Crippen LogP contribution in [0.5, 0.6) is 0 Å². The van der Waals surface area contributed by atoms with Gasteiger partial charge in [-0.2, -0.15) is 0 Å². The van der Waals surface area contributed by atoms with Crippen LogP contribution in [0.15, 0.2) is 29.0 Å². The van der Waals surface area contributed by atoms with Crippen molar-refractivity contribution in [2.45, 2.75) is 0 Å². The largest absolute Gasteiger partial charge is 0.385 e. The average Bonchev–Trinajstić information content (AvgIpc) is 2.34. The lowest BCUT2D eigenvalue weighted by Crippen LogP contribution is -1.94. The molecular weight excluding hydrogens is 206 g/mol. The maximum atomic E-state index is 5.69. The minimum absolute atomic E-state index is 0.687. The molecule has 0 aliphatic heterocycles. The second kappa shape index (κ2) is 2.23. The smallest absolute Gasteiger partial charge is 0.139 e. The number of nitrogens with zero attached hydrogens (tertiary/aromatic N) is 2. The fourth-order valence-electron chi connectivity index (χ4n) is 1.02. The highest BCUT2D eigenvalue weighted by molar-refractivity contribution is 9.10. The Morgan fingerprint density at radius 2 is 2.27 bits per heavy atom. The number of rotatable bonds is 0.